The van der Waals surface area contributed by atoms with E-state index in [2.05, 4.69) is 10.6 Å². The van der Waals surface area contributed by atoms with E-state index in [4.69, 9.17) is 0 Å². The molecule has 2 N–H and O–H groups in total. The predicted octanol–water partition coefficient (Wildman–Crippen LogP) is 0.601. The lowest BCUT2D eigenvalue weighted by molar-refractivity contribution is -0.121. The molecule has 19 heavy (non-hydrogen) atoms. The fourth-order valence-electron chi connectivity index (χ4n) is 2.97. The van der Waals surface area contributed by atoms with E-state index in [1.54, 1.807) is 0 Å². The highest BCUT2D eigenvalue weighted by Crippen LogP contribution is 2.20. The molecule has 3 atom stereocenters. The Balaban J connectivity index is 1.92. The molecule has 0 aromatic heterocycles. The Labute approximate surface area is 115 Å². The van der Waals surface area contributed by atoms with Crippen molar-refractivity contribution in [2.45, 2.75) is 62.8 Å². The van der Waals surface area contributed by atoms with Crippen LogP contribution < -0.4 is 10.6 Å². The van der Waals surface area contributed by atoms with Gasteiger partial charge in [0.05, 0.1) is 5.75 Å². The third-order valence-electron chi connectivity index (χ3n) is 4.19. The van der Waals surface area contributed by atoms with E-state index in [-0.39, 0.29) is 23.7 Å². The number of carbonyl (C=O) groups excluding carboxylic acids is 1. The highest BCUT2D eigenvalue weighted by Gasteiger charge is 2.36. The monoisotopic (exact) mass is 288 g/mol. The Hall–Kier alpha value is -0.620. The van der Waals surface area contributed by atoms with Gasteiger partial charge in [0.25, 0.3) is 0 Å². The van der Waals surface area contributed by atoms with Gasteiger partial charge in [-0.2, -0.15) is 0 Å². The van der Waals surface area contributed by atoms with Crippen molar-refractivity contribution < 1.29 is 13.2 Å². The quantitative estimate of drug-likeness (QED) is 0.797. The molecule has 0 radical (unpaired) electrons. The summed E-state index contributed by atoms with van der Waals surface area (Å²) in [6.07, 6.45) is 5.37. The second-order valence-corrected chi connectivity index (χ2v) is 8.01. The van der Waals surface area contributed by atoms with Crippen molar-refractivity contribution in [2.75, 3.05) is 12.3 Å². The summed E-state index contributed by atoms with van der Waals surface area (Å²) in [5.74, 6) is -0.152. The third-order valence-corrected chi connectivity index (χ3v) is 6.37. The fraction of sp³-hybridized carbons (Fsp3) is 0.923. The lowest BCUT2D eigenvalue weighted by Crippen LogP contribution is -2.53. The molecule has 1 amide bonds. The molecule has 0 aromatic carbocycles. The summed E-state index contributed by atoms with van der Waals surface area (Å²) in [5, 5.41) is 5.45. The lowest BCUT2D eigenvalue weighted by atomic mass is 9.99. The number of nitrogens with one attached hydrogen (secondary N) is 2. The Morgan fingerprint density at radius 3 is 2.58 bits per heavy atom. The first-order valence-corrected chi connectivity index (χ1v) is 8.97. The van der Waals surface area contributed by atoms with Gasteiger partial charge in [0.15, 0.2) is 9.84 Å². The summed E-state index contributed by atoms with van der Waals surface area (Å²) in [6, 6.07) is 0.258. The number of rotatable bonds is 3. The molecule has 2 aliphatic heterocycles. The first kappa shape index (κ1) is 14.8. The van der Waals surface area contributed by atoms with Crippen LogP contribution in [0.5, 0.6) is 0 Å². The molecular weight excluding hydrogens is 264 g/mol. The molecule has 2 rings (SSSR count). The Bertz CT molecular complexity index is 416. The second-order valence-electron chi connectivity index (χ2n) is 5.71. The minimum absolute atomic E-state index is 0.00933. The molecule has 0 bridgehead atoms. The van der Waals surface area contributed by atoms with Crippen molar-refractivity contribution in [2.24, 2.45) is 0 Å². The van der Waals surface area contributed by atoms with E-state index in [1.165, 1.54) is 12.8 Å². The van der Waals surface area contributed by atoms with Gasteiger partial charge in [-0.1, -0.05) is 12.8 Å². The molecule has 0 spiro atoms. The van der Waals surface area contributed by atoms with Crippen LogP contribution in [0.2, 0.25) is 0 Å². The van der Waals surface area contributed by atoms with Gasteiger partial charge in [-0.15, -0.1) is 0 Å². The highest BCUT2D eigenvalue weighted by atomic mass is 32.2. The molecule has 2 fully saturated rings. The summed E-state index contributed by atoms with van der Waals surface area (Å²) in [4.78, 5) is 12.1. The summed E-state index contributed by atoms with van der Waals surface area (Å²) in [5.41, 5.74) is 0. The van der Waals surface area contributed by atoms with Gasteiger partial charge in [-0.25, -0.2) is 8.42 Å². The zero-order valence-corrected chi connectivity index (χ0v) is 12.3. The minimum atomic E-state index is -3.23. The first-order valence-electron chi connectivity index (χ1n) is 7.26. The number of piperidine rings is 1. The van der Waals surface area contributed by atoms with Gasteiger partial charge in [0, 0.05) is 12.1 Å². The predicted molar refractivity (Wildman–Crippen MR) is 74.7 cm³/mol. The Kier molecular flexibility index (Phi) is 4.84. The molecule has 5 nitrogen and oxygen atoms in total. The first-order chi connectivity index (χ1) is 9.00. The van der Waals surface area contributed by atoms with Crippen LogP contribution in [0.15, 0.2) is 0 Å². The van der Waals surface area contributed by atoms with Gasteiger partial charge in [0.2, 0.25) is 5.91 Å². The molecule has 2 heterocycles. The molecule has 6 heteroatoms. The van der Waals surface area contributed by atoms with Crippen LogP contribution in [0.3, 0.4) is 0 Å². The van der Waals surface area contributed by atoms with E-state index in [0.29, 0.717) is 12.8 Å². The average molecular weight is 288 g/mol. The van der Waals surface area contributed by atoms with Gasteiger partial charge in [-0.3, -0.25) is 4.79 Å². The van der Waals surface area contributed by atoms with Crippen molar-refractivity contribution >= 4 is 15.7 Å². The molecule has 2 aliphatic rings. The highest BCUT2D eigenvalue weighted by molar-refractivity contribution is 7.92. The molecule has 0 aromatic rings. The SMILES string of the molecule is CC(NC(=O)C1CCCCS1(=O)=O)C1CCCCN1. The largest absolute Gasteiger partial charge is 0.351 e. The van der Waals surface area contributed by atoms with E-state index in [0.717, 1.165) is 19.4 Å². The molecule has 2 saturated heterocycles. The smallest absolute Gasteiger partial charge is 0.238 e. The summed E-state index contributed by atoms with van der Waals surface area (Å²) in [7, 11) is -3.23. The maximum atomic E-state index is 12.1. The van der Waals surface area contributed by atoms with Crippen molar-refractivity contribution in [3.8, 4) is 0 Å². The topological polar surface area (TPSA) is 75.3 Å². The van der Waals surface area contributed by atoms with E-state index < -0.39 is 15.1 Å². The van der Waals surface area contributed by atoms with Crippen LogP contribution in [0.4, 0.5) is 0 Å². The van der Waals surface area contributed by atoms with Crippen molar-refractivity contribution in [3.63, 3.8) is 0 Å². The normalized spacial score (nSPS) is 32.5. The Morgan fingerprint density at radius 2 is 1.95 bits per heavy atom. The van der Waals surface area contributed by atoms with Gasteiger partial charge in [0.1, 0.15) is 5.25 Å². The van der Waals surface area contributed by atoms with Crippen LogP contribution in [0.1, 0.15) is 45.4 Å². The third kappa shape index (κ3) is 3.69. The number of hydrogen-bond acceptors (Lipinski definition) is 4. The summed E-state index contributed by atoms with van der Waals surface area (Å²) < 4.78 is 23.8. The van der Waals surface area contributed by atoms with Gasteiger partial charge in [-0.05, 0) is 39.2 Å². The van der Waals surface area contributed by atoms with E-state index >= 15 is 0 Å². The maximum Gasteiger partial charge on any atom is 0.238 e. The fourth-order valence-corrected chi connectivity index (χ4v) is 4.78. The van der Waals surface area contributed by atoms with Crippen molar-refractivity contribution in [3.05, 3.63) is 0 Å². The van der Waals surface area contributed by atoms with E-state index in [1.807, 2.05) is 6.92 Å². The van der Waals surface area contributed by atoms with Crippen LogP contribution in [-0.2, 0) is 14.6 Å². The lowest BCUT2D eigenvalue weighted by Gasteiger charge is -2.31. The van der Waals surface area contributed by atoms with Gasteiger partial charge < -0.3 is 10.6 Å². The standard InChI is InChI=1S/C13H24N2O3S/c1-10(11-6-2-4-8-14-11)15-13(16)12-7-3-5-9-19(12,17)18/h10-12,14H,2-9H2,1H3,(H,15,16). The van der Waals surface area contributed by atoms with Crippen LogP contribution in [0, 0.1) is 0 Å². The maximum absolute atomic E-state index is 12.1. The summed E-state index contributed by atoms with van der Waals surface area (Å²) >= 11 is 0. The zero-order valence-electron chi connectivity index (χ0n) is 11.5. The van der Waals surface area contributed by atoms with Crippen LogP contribution in [0.25, 0.3) is 0 Å². The van der Waals surface area contributed by atoms with Crippen molar-refractivity contribution in [1.29, 1.82) is 0 Å². The number of sulfone groups is 1. The number of amides is 1. The number of hydrogen-bond donors (Lipinski definition) is 2. The van der Waals surface area contributed by atoms with Crippen LogP contribution in [-0.4, -0.2) is 44.0 Å². The van der Waals surface area contributed by atoms with Crippen molar-refractivity contribution in [1.82, 2.24) is 10.6 Å². The molecule has 110 valence electrons. The van der Waals surface area contributed by atoms with Crippen LogP contribution >= 0.6 is 0 Å². The minimum Gasteiger partial charge on any atom is -0.351 e. The molecule has 3 unspecified atom stereocenters. The van der Waals surface area contributed by atoms with E-state index in [9.17, 15) is 13.2 Å². The second kappa shape index (κ2) is 6.22. The zero-order chi connectivity index (χ0) is 13.9. The summed E-state index contributed by atoms with van der Waals surface area (Å²) in [6.45, 7) is 2.93. The molecule has 0 saturated carbocycles. The average Bonchev–Trinajstić information content (AvgIpc) is 2.39. The molecule has 0 aliphatic carbocycles. The Morgan fingerprint density at radius 1 is 1.21 bits per heavy atom. The number of carbonyl (C=O) groups is 1. The molecular formula is C13H24N2O3S. The van der Waals surface area contributed by atoms with Gasteiger partial charge >= 0.3 is 0 Å².